The predicted octanol–water partition coefficient (Wildman–Crippen LogP) is 3.99. The molecule has 0 N–H and O–H groups in total. The smallest absolute Gasteiger partial charge is 0.199 e. The Bertz CT molecular complexity index is 479. The van der Waals surface area contributed by atoms with Crippen LogP contribution in [0.15, 0.2) is 42.5 Å². The van der Waals surface area contributed by atoms with Crippen molar-refractivity contribution in [3.8, 4) is 5.75 Å². The quantitative estimate of drug-likeness (QED) is 0.723. The number of hydrogen-bond acceptors (Lipinski definition) is 2. The van der Waals surface area contributed by atoms with E-state index in [1.165, 1.54) is 10.8 Å². The van der Waals surface area contributed by atoms with E-state index in [0.29, 0.717) is 6.61 Å². The number of hydrogen-bond donors (Lipinski definition) is 0. The van der Waals surface area contributed by atoms with Crippen LogP contribution in [0.4, 0.5) is 0 Å². The summed E-state index contributed by atoms with van der Waals surface area (Å²) in [6.45, 7) is 4.71. The van der Waals surface area contributed by atoms with Crippen molar-refractivity contribution in [1.82, 2.24) is 0 Å². The van der Waals surface area contributed by atoms with Crippen LogP contribution < -0.4 is 4.74 Å². The van der Waals surface area contributed by atoms with Crippen molar-refractivity contribution < 1.29 is 9.47 Å². The summed E-state index contributed by atoms with van der Waals surface area (Å²) in [5.74, 6) is 0.865. The fourth-order valence-electron chi connectivity index (χ4n) is 1.81. The van der Waals surface area contributed by atoms with Gasteiger partial charge in [-0.15, -0.1) is 0 Å². The maximum atomic E-state index is 5.79. The Labute approximate surface area is 102 Å². The van der Waals surface area contributed by atoms with Gasteiger partial charge in [-0.1, -0.05) is 37.3 Å². The second kappa shape index (κ2) is 5.69. The molecule has 1 unspecified atom stereocenters. The molecular weight excluding hydrogens is 212 g/mol. The van der Waals surface area contributed by atoms with Gasteiger partial charge >= 0.3 is 0 Å². The second-order valence-corrected chi connectivity index (χ2v) is 3.92. The van der Waals surface area contributed by atoms with Gasteiger partial charge in [-0.25, -0.2) is 0 Å². The molecule has 0 amide bonds. The van der Waals surface area contributed by atoms with Crippen molar-refractivity contribution in [3.63, 3.8) is 0 Å². The maximum Gasteiger partial charge on any atom is 0.199 e. The third-order valence-corrected chi connectivity index (χ3v) is 2.67. The van der Waals surface area contributed by atoms with Gasteiger partial charge in [0.15, 0.2) is 6.29 Å². The van der Waals surface area contributed by atoms with Crippen LogP contribution in [0.2, 0.25) is 0 Å². The molecule has 2 nitrogen and oxygen atoms in total. The van der Waals surface area contributed by atoms with Crippen LogP contribution in [0.25, 0.3) is 10.8 Å². The van der Waals surface area contributed by atoms with Gasteiger partial charge in [-0.3, -0.25) is 0 Å². The van der Waals surface area contributed by atoms with Crippen LogP contribution in [0.5, 0.6) is 5.75 Å². The van der Waals surface area contributed by atoms with E-state index in [9.17, 15) is 0 Å². The van der Waals surface area contributed by atoms with Gasteiger partial charge in [-0.05, 0) is 29.8 Å². The highest BCUT2D eigenvalue weighted by atomic mass is 16.7. The molecule has 0 aliphatic rings. The van der Waals surface area contributed by atoms with Gasteiger partial charge in [0.1, 0.15) is 5.75 Å². The van der Waals surface area contributed by atoms with Crippen molar-refractivity contribution in [2.75, 3.05) is 6.61 Å². The number of benzene rings is 2. The minimum atomic E-state index is -0.152. The van der Waals surface area contributed by atoms with Crippen LogP contribution in [0, 0.1) is 0 Å². The Hall–Kier alpha value is -1.54. The Balaban J connectivity index is 2.18. The zero-order valence-corrected chi connectivity index (χ0v) is 10.3. The standard InChI is InChI=1S/C15H18O2/c1-3-15(16-4-2)17-14-10-9-12-7-5-6-8-13(12)11-14/h5-11,15H,3-4H2,1-2H3. The van der Waals surface area contributed by atoms with Crippen LogP contribution in [0.3, 0.4) is 0 Å². The van der Waals surface area contributed by atoms with Gasteiger partial charge in [0.2, 0.25) is 0 Å². The van der Waals surface area contributed by atoms with Crippen LogP contribution >= 0.6 is 0 Å². The molecule has 2 aromatic carbocycles. The molecule has 0 fully saturated rings. The average molecular weight is 230 g/mol. The monoisotopic (exact) mass is 230 g/mol. The number of ether oxygens (including phenoxy) is 2. The lowest BCUT2D eigenvalue weighted by Crippen LogP contribution is -2.19. The molecule has 90 valence electrons. The molecule has 2 heteroatoms. The van der Waals surface area contributed by atoms with Crippen molar-refractivity contribution in [3.05, 3.63) is 42.5 Å². The van der Waals surface area contributed by atoms with Gasteiger partial charge in [0.05, 0.1) is 0 Å². The third kappa shape index (κ3) is 2.98. The maximum absolute atomic E-state index is 5.79. The summed E-state index contributed by atoms with van der Waals surface area (Å²) < 4.78 is 11.3. The second-order valence-electron chi connectivity index (χ2n) is 3.92. The molecule has 0 heterocycles. The average Bonchev–Trinajstić information content (AvgIpc) is 2.38. The van der Waals surface area contributed by atoms with E-state index >= 15 is 0 Å². The Morgan fingerprint density at radius 3 is 2.47 bits per heavy atom. The fraction of sp³-hybridized carbons (Fsp3) is 0.333. The first kappa shape index (κ1) is 11.9. The summed E-state index contributed by atoms with van der Waals surface area (Å²) in [5.41, 5.74) is 0. The molecule has 1 atom stereocenters. The third-order valence-electron chi connectivity index (χ3n) is 2.67. The van der Waals surface area contributed by atoms with E-state index in [2.05, 4.69) is 31.2 Å². The molecule has 0 saturated heterocycles. The highest BCUT2D eigenvalue weighted by Gasteiger charge is 2.07. The zero-order valence-electron chi connectivity index (χ0n) is 10.3. The molecule has 0 aliphatic heterocycles. The van der Waals surface area contributed by atoms with Crippen molar-refractivity contribution >= 4 is 10.8 Å². The Morgan fingerprint density at radius 1 is 1.00 bits per heavy atom. The van der Waals surface area contributed by atoms with Crippen LogP contribution in [-0.2, 0) is 4.74 Å². The molecule has 0 aromatic heterocycles. The van der Waals surface area contributed by atoms with E-state index in [-0.39, 0.29) is 6.29 Å². The summed E-state index contributed by atoms with van der Waals surface area (Å²) in [6, 6.07) is 14.4. The predicted molar refractivity (Wildman–Crippen MR) is 70.3 cm³/mol. The summed E-state index contributed by atoms with van der Waals surface area (Å²) in [5, 5.41) is 2.42. The molecule has 0 bridgehead atoms. The first-order valence-electron chi connectivity index (χ1n) is 6.10. The van der Waals surface area contributed by atoms with E-state index in [1.54, 1.807) is 0 Å². The largest absolute Gasteiger partial charge is 0.465 e. The van der Waals surface area contributed by atoms with Crippen LogP contribution in [0.1, 0.15) is 20.3 Å². The van der Waals surface area contributed by atoms with Crippen molar-refractivity contribution in [2.45, 2.75) is 26.6 Å². The minimum Gasteiger partial charge on any atom is -0.465 e. The SMILES string of the molecule is CCOC(CC)Oc1ccc2ccccc2c1. The normalized spacial score (nSPS) is 12.6. The van der Waals surface area contributed by atoms with E-state index in [1.807, 2.05) is 25.1 Å². The minimum absolute atomic E-state index is 0.152. The lowest BCUT2D eigenvalue weighted by atomic mass is 10.1. The zero-order chi connectivity index (χ0) is 12.1. The van der Waals surface area contributed by atoms with E-state index in [0.717, 1.165) is 12.2 Å². The lowest BCUT2D eigenvalue weighted by Gasteiger charge is -2.17. The topological polar surface area (TPSA) is 18.5 Å². The highest BCUT2D eigenvalue weighted by Crippen LogP contribution is 2.22. The number of fused-ring (bicyclic) bond motifs is 1. The summed E-state index contributed by atoms with van der Waals surface area (Å²) in [4.78, 5) is 0. The Kier molecular flexibility index (Phi) is 3.99. The summed E-state index contributed by atoms with van der Waals surface area (Å²) in [6.07, 6.45) is 0.696. The van der Waals surface area contributed by atoms with Gasteiger partial charge in [0, 0.05) is 13.0 Å². The van der Waals surface area contributed by atoms with E-state index in [4.69, 9.17) is 9.47 Å². The molecule has 0 spiro atoms. The molecule has 17 heavy (non-hydrogen) atoms. The first-order chi connectivity index (χ1) is 8.33. The summed E-state index contributed by atoms with van der Waals surface area (Å²) >= 11 is 0. The van der Waals surface area contributed by atoms with Gasteiger partial charge in [0.25, 0.3) is 0 Å². The number of rotatable bonds is 5. The molecule has 0 radical (unpaired) electrons. The Morgan fingerprint density at radius 2 is 1.76 bits per heavy atom. The lowest BCUT2D eigenvalue weighted by molar-refractivity contribution is -0.0765. The van der Waals surface area contributed by atoms with E-state index < -0.39 is 0 Å². The van der Waals surface area contributed by atoms with Crippen LogP contribution in [-0.4, -0.2) is 12.9 Å². The highest BCUT2D eigenvalue weighted by molar-refractivity contribution is 5.83. The van der Waals surface area contributed by atoms with Gasteiger partial charge < -0.3 is 9.47 Å². The van der Waals surface area contributed by atoms with Crippen molar-refractivity contribution in [1.29, 1.82) is 0 Å². The molecule has 0 aliphatic carbocycles. The molecular formula is C15H18O2. The molecule has 2 aromatic rings. The molecule has 2 rings (SSSR count). The summed E-state index contributed by atoms with van der Waals surface area (Å²) in [7, 11) is 0. The van der Waals surface area contributed by atoms with Gasteiger partial charge in [-0.2, -0.15) is 0 Å². The first-order valence-corrected chi connectivity index (χ1v) is 6.10. The molecule has 0 saturated carbocycles. The fourth-order valence-corrected chi connectivity index (χ4v) is 1.81. The van der Waals surface area contributed by atoms with Crippen molar-refractivity contribution in [2.24, 2.45) is 0 Å².